The number of hydrogen-bond donors (Lipinski definition) is 2. The molecule has 2 aliphatic rings. The number of likely N-dealkylation sites (tertiary alicyclic amines) is 1. The number of aliphatic hydroxyl groups excluding tert-OH is 1. The first kappa shape index (κ1) is 20.2. The molecule has 0 bridgehead atoms. The van der Waals surface area contributed by atoms with Crippen LogP contribution in [0.2, 0.25) is 0 Å². The van der Waals surface area contributed by atoms with Crippen molar-refractivity contribution in [2.24, 2.45) is 5.92 Å². The van der Waals surface area contributed by atoms with Crippen LogP contribution in [0.1, 0.15) is 28.1 Å². The molecule has 0 spiro atoms. The number of aliphatic hydroxyl groups is 1. The fourth-order valence-electron chi connectivity index (χ4n) is 3.75. The maximum atomic E-state index is 10.3. The molecule has 2 aliphatic heterocycles. The van der Waals surface area contributed by atoms with Gasteiger partial charge in [0.05, 0.1) is 11.8 Å². The number of benzene rings is 1. The first-order valence-electron chi connectivity index (χ1n) is 8.31. The lowest BCUT2D eigenvalue weighted by Crippen LogP contribution is -2.21. The van der Waals surface area contributed by atoms with Crippen LogP contribution in [0.15, 0.2) is 28.8 Å². The highest BCUT2D eigenvalue weighted by Crippen LogP contribution is 2.24. The molecule has 0 radical (unpaired) electrons. The average molecular weight is 386 g/mol. The summed E-state index contributed by atoms with van der Waals surface area (Å²) in [4.78, 5) is 2.34. The van der Waals surface area contributed by atoms with Gasteiger partial charge in [0, 0.05) is 51.1 Å². The standard InChI is InChI=1S/C18H23N3O2.2ClH/c1-12-4-17(23-20-12)6-16-10-21(11-18(16)22)9-13-2-3-14-7-19-8-15(14)5-13;;/h2-5,16,18-19,22H,6-11H2,1H3;2*1H/t16-,18-;;/m1../s1. The molecule has 1 aromatic carbocycles. The van der Waals surface area contributed by atoms with Gasteiger partial charge in [-0.25, -0.2) is 0 Å². The summed E-state index contributed by atoms with van der Waals surface area (Å²) in [5.41, 5.74) is 5.05. The van der Waals surface area contributed by atoms with Gasteiger partial charge in [0.2, 0.25) is 0 Å². The third-order valence-electron chi connectivity index (χ3n) is 4.93. The minimum absolute atomic E-state index is 0. The normalized spacial score (nSPS) is 22.3. The Labute approximate surface area is 160 Å². The lowest BCUT2D eigenvalue weighted by Gasteiger charge is -2.16. The molecule has 0 saturated carbocycles. The van der Waals surface area contributed by atoms with Crippen LogP contribution in [0.5, 0.6) is 0 Å². The van der Waals surface area contributed by atoms with E-state index in [-0.39, 0.29) is 36.8 Å². The van der Waals surface area contributed by atoms with Gasteiger partial charge in [0.1, 0.15) is 5.76 Å². The van der Waals surface area contributed by atoms with Crippen molar-refractivity contribution >= 4 is 24.8 Å². The van der Waals surface area contributed by atoms with E-state index >= 15 is 0 Å². The summed E-state index contributed by atoms with van der Waals surface area (Å²) < 4.78 is 5.29. The number of fused-ring (bicyclic) bond motifs is 1. The largest absolute Gasteiger partial charge is 0.391 e. The van der Waals surface area contributed by atoms with Gasteiger partial charge in [0.25, 0.3) is 0 Å². The summed E-state index contributed by atoms with van der Waals surface area (Å²) >= 11 is 0. The van der Waals surface area contributed by atoms with Gasteiger partial charge < -0.3 is 14.9 Å². The van der Waals surface area contributed by atoms with Crippen LogP contribution in [0.3, 0.4) is 0 Å². The van der Waals surface area contributed by atoms with E-state index in [0.717, 1.165) is 50.6 Å². The SMILES string of the molecule is Cc1cc(C[C@@H]2CN(Cc3ccc4c(c3)CNC4)C[C@H]2O)on1.Cl.Cl. The van der Waals surface area contributed by atoms with Crippen molar-refractivity contribution < 1.29 is 9.63 Å². The summed E-state index contributed by atoms with van der Waals surface area (Å²) in [6.07, 6.45) is 0.462. The number of rotatable bonds is 4. The molecule has 2 aromatic rings. The van der Waals surface area contributed by atoms with Gasteiger partial charge in [-0.2, -0.15) is 0 Å². The molecule has 2 atom stereocenters. The molecule has 1 saturated heterocycles. The fourth-order valence-corrected chi connectivity index (χ4v) is 3.75. The van der Waals surface area contributed by atoms with Crippen molar-refractivity contribution in [2.45, 2.75) is 39.1 Å². The van der Waals surface area contributed by atoms with E-state index in [4.69, 9.17) is 4.52 Å². The number of aromatic nitrogens is 1. The lowest BCUT2D eigenvalue weighted by molar-refractivity contribution is 0.137. The molecule has 5 nitrogen and oxygen atoms in total. The number of nitrogens with zero attached hydrogens (tertiary/aromatic N) is 2. The Hall–Kier alpha value is -1.11. The Bertz CT molecular complexity index is 707. The average Bonchev–Trinajstić information content (AvgIpc) is 3.21. The van der Waals surface area contributed by atoms with Crippen molar-refractivity contribution in [1.82, 2.24) is 15.4 Å². The monoisotopic (exact) mass is 385 g/mol. The van der Waals surface area contributed by atoms with Crippen LogP contribution < -0.4 is 5.32 Å². The van der Waals surface area contributed by atoms with Crippen LogP contribution in [-0.2, 0) is 26.1 Å². The van der Waals surface area contributed by atoms with Crippen molar-refractivity contribution in [3.63, 3.8) is 0 Å². The molecule has 1 aromatic heterocycles. The van der Waals surface area contributed by atoms with E-state index in [2.05, 4.69) is 33.6 Å². The molecule has 1 fully saturated rings. The highest BCUT2D eigenvalue weighted by molar-refractivity contribution is 5.85. The number of hydrogen-bond acceptors (Lipinski definition) is 5. The third-order valence-corrected chi connectivity index (χ3v) is 4.93. The maximum Gasteiger partial charge on any atom is 0.137 e. The minimum atomic E-state index is -0.295. The summed E-state index contributed by atoms with van der Waals surface area (Å²) in [5, 5.41) is 17.7. The van der Waals surface area contributed by atoms with E-state index in [1.165, 1.54) is 16.7 Å². The number of aryl methyl sites for hydroxylation is 1. The molecule has 4 rings (SSSR count). The molecule has 0 unspecified atom stereocenters. The summed E-state index contributed by atoms with van der Waals surface area (Å²) in [6, 6.07) is 8.70. The third kappa shape index (κ3) is 4.54. The second-order valence-corrected chi connectivity index (χ2v) is 6.87. The molecule has 2 N–H and O–H groups in total. The Morgan fingerprint density at radius 3 is 2.76 bits per heavy atom. The Morgan fingerprint density at radius 1 is 1.20 bits per heavy atom. The highest BCUT2D eigenvalue weighted by atomic mass is 35.5. The second-order valence-electron chi connectivity index (χ2n) is 6.87. The van der Waals surface area contributed by atoms with E-state index in [1.54, 1.807) is 0 Å². The minimum Gasteiger partial charge on any atom is -0.391 e. The van der Waals surface area contributed by atoms with Crippen LogP contribution in [0.4, 0.5) is 0 Å². The van der Waals surface area contributed by atoms with Crippen LogP contribution in [0, 0.1) is 12.8 Å². The van der Waals surface area contributed by atoms with Gasteiger partial charge in [-0.3, -0.25) is 4.90 Å². The van der Waals surface area contributed by atoms with E-state index in [0.29, 0.717) is 0 Å². The van der Waals surface area contributed by atoms with E-state index in [9.17, 15) is 5.11 Å². The van der Waals surface area contributed by atoms with Crippen molar-refractivity contribution in [1.29, 1.82) is 0 Å². The zero-order valence-corrected chi connectivity index (χ0v) is 15.9. The first-order valence-corrected chi connectivity index (χ1v) is 8.31. The zero-order valence-electron chi connectivity index (χ0n) is 14.3. The summed E-state index contributed by atoms with van der Waals surface area (Å²) in [7, 11) is 0. The number of halogens is 2. The van der Waals surface area contributed by atoms with Gasteiger partial charge in [-0.05, 0) is 23.6 Å². The molecule has 0 aliphatic carbocycles. The molecular weight excluding hydrogens is 361 g/mol. The Kier molecular flexibility index (Phi) is 6.88. The topological polar surface area (TPSA) is 61.5 Å². The van der Waals surface area contributed by atoms with Crippen LogP contribution in [0.25, 0.3) is 0 Å². The Balaban J connectivity index is 0.00000113. The smallest absolute Gasteiger partial charge is 0.137 e. The second kappa shape index (κ2) is 8.52. The fraction of sp³-hybridized carbons (Fsp3) is 0.500. The number of β-amino-alcohol motifs (C(OH)–C–C–N with tert-alkyl or cyclic N) is 1. The van der Waals surface area contributed by atoms with Crippen LogP contribution >= 0.6 is 24.8 Å². The quantitative estimate of drug-likeness (QED) is 0.846. The first-order chi connectivity index (χ1) is 11.2. The Morgan fingerprint density at radius 2 is 2.00 bits per heavy atom. The van der Waals surface area contributed by atoms with E-state index in [1.807, 2.05) is 13.0 Å². The summed E-state index contributed by atoms with van der Waals surface area (Å²) in [5.74, 6) is 1.09. The molecule has 0 amide bonds. The summed E-state index contributed by atoms with van der Waals surface area (Å²) in [6.45, 7) is 6.41. The molecule has 3 heterocycles. The van der Waals surface area contributed by atoms with Crippen LogP contribution in [-0.4, -0.2) is 34.4 Å². The predicted octanol–water partition coefficient (Wildman–Crippen LogP) is 2.47. The lowest BCUT2D eigenvalue weighted by atomic mass is 10.0. The maximum absolute atomic E-state index is 10.3. The van der Waals surface area contributed by atoms with Crippen molar-refractivity contribution in [3.05, 3.63) is 52.4 Å². The van der Waals surface area contributed by atoms with Crippen molar-refractivity contribution in [2.75, 3.05) is 13.1 Å². The molecule has 7 heteroatoms. The molecular formula is C18H25Cl2N3O2. The van der Waals surface area contributed by atoms with Crippen molar-refractivity contribution in [3.8, 4) is 0 Å². The van der Waals surface area contributed by atoms with E-state index < -0.39 is 0 Å². The highest BCUT2D eigenvalue weighted by Gasteiger charge is 2.32. The number of nitrogens with one attached hydrogen (secondary N) is 1. The van der Waals surface area contributed by atoms with Gasteiger partial charge in [-0.15, -0.1) is 24.8 Å². The van der Waals surface area contributed by atoms with Gasteiger partial charge in [0.15, 0.2) is 0 Å². The molecule has 25 heavy (non-hydrogen) atoms. The van der Waals surface area contributed by atoms with Gasteiger partial charge >= 0.3 is 0 Å². The van der Waals surface area contributed by atoms with Gasteiger partial charge in [-0.1, -0.05) is 23.4 Å². The molecule has 138 valence electrons. The predicted molar refractivity (Wildman–Crippen MR) is 101 cm³/mol. The zero-order chi connectivity index (χ0) is 15.8.